The van der Waals surface area contributed by atoms with Gasteiger partial charge in [-0.05, 0) is 37.3 Å². The van der Waals surface area contributed by atoms with E-state index in [4.69, 9.17) is 5.11 Å². The molecule has 0 aliphatic rings. The number of fused-ring (bicyclic) bond motifs is 1. The first-order chi connectivity index (χ1) is 14.2. The van der Waals surface area contributed by atoms with Crippen molar-refractivity contribution in [2.45, 2.75) is 17.9 Å². The maximum absolute atomic E-state index is 13.3. The minimum absolute atomic E-state index is 0.0405. The number of methoxy groups -OCH3 is 1. The third-order valence-electron chi connectivity index (χ3n) is 4.35. The van der Waals surface area contributed by atoms with Gasteiger partial charge in [0.1, 0.15) is 17.1 Å². The summed E-state index contributed by atoms with van der Waals surface area (Å²) in [5.41, 5.74) is 0.331. The predicted molar refractivity (Wildman–Crippen MR) is 116 cm³/mol. The number of aromatic hydroxyl groups is 1. The molecular weight excluding hydrogens is 476 g/mol. The molecule has 0 radical (unpaired) electrons. The maximum atomic E-state index is 13.3. The van der Waals surface area contributed by atoms with Gasteiger partial charge in [0.05, 0.1) is 34.7 Å². The molecule has 1 atom stereocenters. The van der Waals surface area contributed by atoms with Gasteiger partial charge in [0.2, 0.25) is 0 Å². The van der Waals surface area contributed by atoms with Gasteiger partial charge in [-0.3, -0.25) is 14.2 Å². The topological polar surface area (TPSA) is 119 Å². The molecule has 0 saturated carbocycles. The molecule has 3 aromatic rings. The summed E-state index contributed by atoms with van der Waals surface area (Å²) >= 11 is 4.46. The predicted octanol–water partition coefficient (Wildman–Crippen LogP) is 3.35. The number of rotatable bonds is 6. The average Bonchev–Trinajstić information content (AvgIpc) is 2.71. The van der Waals surface area contributed by atoms with Crippen molar-refractivity contribution >= 4 is 50.5 Å². The number of phenols is 1. The van der Waals surface area contributed by atoms with E-state index in [0.29, 0.717) is 21.2 Å². The van der Waals surface area contributed by atoms with Crippen LogP contribution < -0.4 is 5.56 Å². The number of phenolic OH excluding ortho intramolecular Hbond substituents is 1. The monoisotopic (exact) mass is 492 g/mol. The number of benzene rings is 2. The molecule has 0 spiro atoms. The van der Waals surface area contributed by atoms with Gasteiger partial charge in [-0.25, -0.2) is 9.78 Å². The number of carboxylic acids is 1. The molecule has 0 aliphatic heterocycles. The van der Waals surface area contributed by atoms with E-state index in [1.54, 1.807) is 25.1 Å². The average molecular weight is 493 g/mol. The Labute approximate surface area is 183 Å². The van der Waals surface area contributed by atoms with Gasteiger partial charge in [0.15, 0.2) is 0 Å². The number of nitrogens with zero attached hydrogens (tertiary/aromatic N) is 2. The van der Waals surface area contributed by atoms with Crippen LogP contribution in [0.4, 0.5) is 0 Å². The summed E-state index contributed by atoms with van der Waals surface area (Å²) in [5, 5.41) is 19.1. The van der Waals surface area contributed by atoms with Crippen LogP contribution in [-0.2, 0) is 15.3 Å². The zero-order chi connectivity index (χ0) is 22.0. The molecule has 2 aromatic carbocycles. The minimum atomic E-state index is -0.973. The van der Waals surface area contributed by atoms with Crippen molar-refractivity contribution in [2.75, 3.05) is 7.11 Å². The van der Waals surface area contributed by atoms with E-state index in [0.717, 1.165) is 11.8 Å². The first-order valence-corrected chi connectivity index (χ1v) is 10.5. The summed E-state index contributed by atoms with van der Waals surface area (Å²) in [6.45, 7) is 1.55. The van der Waals surface area contributed by atoms with E-state index in [2.05, 4.69) is 25.7 Å². The van der Waals surface area contributed by atoms with Gasteiger partial charge in [-0.2, -0.15) is 0 Å². The Hall–Kier alpha value is -2.85. The number of carbonyl (C=O) groups is 2. The number of hydrogen-bond donors (Lipinski definition) is 2. The van der Waals surface area contributed by atoms with E-state index >= 15 is 0 Å². The Bertz CT molecular complexity index is 1210. The molecule has 156 valence electrons. The molecule has 0 saturated heterocycles. The van der Waals surface area contributed by atoms with Crippen LogP contribution in [0.15, 0.2) is 45.7 Å². The van der Waals surface area contributed by atoms with Gasteiger partial charge in [0.25, 0.3) is 5.56 Å². The molecule has 30 heavy (non-hydrogen) atoms. The molecule has 1 heterocycles. The number of aromatic nitrogens is 2. The number of thioether (sulfide) groups is 1. The standard InChI is InChI=1S/C20H17BrN2O6S/c1-10(19(26)27)30-9-17-22-15-6-3-11(21)7-14(15)18(25)23(17)12-4-5-13(16(24)8-12)20(28)29-2/h3-8,10,24H,9H2,1-2H3,(H,26,27). The normalized spacial score (nSPS) is 12.0. The lowest BCUT2D eigenvalue weighted by atomic mass is 10.1. The highest BCUT2D eigenvalue weighted by Gasteiger charge is 2.19. The fourth-order valence-corrected chi connectivity index (χ4v) is 3.88. The van der Waals surface area contributed by atoms with Gasteiger partial charge in [-0.15, -0.1) is 11.8 Å². The van der Waals surface area contributed by atoms with Crippen LogP contribution in [0.25, 0.3) is 16.6 Å². The van der Waals surface area contributed by atoms with Gasteiger partial charge >= 0.3 is 11.9 Å². The number of ether oxygens (including phenoxy) is 1. The number of carboxylic acid groups (broad SMARTS) is 1. The highest BCUT2D eigenvalue weighted by atomic mass is 79.9. The second-order valence-electron chi connectivity index (χ2n) is 6.31. The molecule has 8 nitrogen and oxygen atoms in total. The second-order valence-corrected chi connectivity index (χ2v) is 8.56. The summed E-state index contributed by atoms with van der Waals surface area (Å²) in [7, 11) is 1.20. The third kappa shape index (κ3) is 4.34. The second kappa shape index (κ2) is 8.88. The number of esters is 1. The fraction of sp³-hybridized carbons (Fsp3) is 0.200. The van der Waals surface area contributed by atoms with Crippen LogP contribution in [0.3, 0.4) is 0 Å². The summed E-state index contributed by atoms with van der Waals surface area (Å²) < 4.78 is 6.63. The quantitative estimate of drug-likeness (QED) is 0.502. The molecule has 0 amide bonds. The van der Waals surface area contributed by atoms with Gasteiger partial charge < -0.3 is 14.9 Å². The highest BCUT2D eigenvalue weighted by Crippen LogP contribution is 2.25. The zero-order valence-corrected chi connectivity index (χ0v) is 18.4. The first kappa shape index (κ1) is 21.8. The lowest BCUT2D eigenvalue weighted by molar-refractivity contribution is -0.136. The van der Waals surface area contributed by atoms with Crippen molar-refractivity contribution in [3.8, 4) is 11.4 Å². The van der Waals surface area contributed by atoms with E-state index in [-0.39, 0.29) is 28.3 Å². The Morgan fingerprint density at radius 3 is 2.63 bits per heavy atom. The molecule has 3 rings (SSSR count). The van der Waals surface area contributed by atoms with Gasteiger partial charge in [-0.1, -0.05) is 15.9 Å². The van der Waals surface area contributed by atoms with Crippen LogP contribution in [0.1, 0.15) is 23.1 Å². The van der Waals surface area contributed by atoms with Crippen molar-refractivity contribution in [3.05, 3.63) is 62.6 Å². The molecule has 0 fully saturated rings. The van der Waals surface area contributed by atoms with Crippen LogP contribution in [0, 0.1) is 0 Å². The Morgan fingerprint density at radius 1 is 1.27 bits per heavy atom. The van der Waals surface area contributed by atoms with Crippen molar-refractivity contribution in [1.29, 1.82) is 0 Å². The Balaban J connectivity index is 2.20. The van der Waals surface area contributed by atoms with Crippen molar-refractivity contribution < 1.29 is 24.5 Å². The molecule has 1 aromatic heterocycles. The Morgan fingerprint density at radius 2 is 2.00 bits per heavy atom. The number of aliphatic carboxylic acids is 1. The lowest BCUT2D eigenvalue weighted by Gasteiger charge is -2.15. The number of hydrogen-bond acceptors (Lipinski definition) is 7. The van der Waals surface area contributed by atoms with Crippen LogP contribution >= 0.6 is 27.7 Å². The van der Waals surface area contributed by atoms with E-state index in [1.165, 1.54) is 29.9 Å². The summed E-state index contributed by atoms with van der Waals surface area (Å²) in [6, 6.07) is 9.21. The summed E-state index contributed by atoms with van der Waals surface area (Å²) in [6.07, 6.45) is 0. The summed E-state index contributed by atoms with van der Waals surface area (Å²) in [5.74, 6) is -1.57. The first-order valence-electron chi connectivity index (χ1n) is 8.70. The van der Waals surface area contributed by atoms with Crippen LogP contribution in [0.2, 0.25) is 0 Å². The lowest BCUT2D eigenvalue weighted by Crippen LogP contribution is -2.24. The molecule has 1 unspecified atom stereocenters. The van der Waals surface area contributed by atoms with Crippen LogP contribution in [0.5, 0.6) is 5.75 Å². The SMILES string of the molecule is COC(=O)c1ccc(-n2c(CSC(C)C(=O)O)nc3ccc(Br)cc3c2=O)cc1O. The van der Waals surface area contributed by atoms with Gasteiger partial charge in [0, 0.05) is 10.5 Å². The maximum Gasteiger partial charge on any atom is 0.341 e. The van der Waals surface area contributed by atoms with Crippen molar-refractivity contribution in [1.82, 2.24) is 9.55 Å². The van der Waals surface area contributed by atoms with E-state index < -0.39 is 17.2 Å². The fourth-order valence-electron chi connectivity index (χ4n) is 2.78. The van der Waals surface area contributed by atoms with Crippen LogP contribution in [-0.4, -0.2) is 44.1 Å². The number of carbonyl (C=O) groups excluding carboxylic acids is 1. The number of halogens is 1. The van der Waals surface area contributed by atoms with E-state index in [1.807, 2.05) is 0 Å². The van der Waals surface area contributed by atoms with E-state index in [9.17, 15) is 19.5 Å². The smallest absolute Gasteiger partial charge is 0.341 e. The highest BCUT2D eigenvalue weighted by molar-refractivity contribution is 9.10. The zero-order valence-electron chi connectivity index (χ0n) is 16.0. The third-order valence-corrected chi connectivity index (χ3v) is 5.97. The largest absolute Gasteiger partial charge is 0.507 e. The molecule has 0 aliphatic carbocycles. The van der Waals surface area contributed by atoms with Crippen molar-refractivity contribution in [2.24, 2.45) is 0 Å². The minimum Gasteiger partial charge on any atom is -0.507 e. The Kier molecular flexibility index (Phi) is 6.47. The molecule has 10 heteroatoms. The molecule has 0 bridgehead atoms. The summed E-state index contributed by atoms with van der Waals surface area (Å²) in [4.78, 5) is 40.7. The molecule has 2 N–H and O–H groups in total. The molecular formula is C20H17BrN2O6S. The van der Waals surface area contributed by atoms with Crippen molar-refractivity contribution in [3.63, 3.8) is 0 Å².